The van der Waals surface area contributed by atoms with E-state index in [0.717, 1.165) is 20.0 Å². The molecule has 18 heavy (non-hydrogen) atoms. The fraction of sp³-hybridized carbons (Fsp3) is 0.818. The van der Waals surface area contributed by atoms with Gasteiger partial charge in [0.2, 0.25) is 0 Å². The second kappa shape index (κ2) is 9.38. The maximum atomic E-state index is 11.1. The van der Waals surface area contributed by atoms with Gasteiger partial charge in [-0.1, -0.05) is 12.8 Å². The van der Waals surface area contributed by atoms with Crippen LogP contribution in [0.15, 0.2) is 0 Å². The Morgan fingerprint density at radius 3 is 2.22 bits per heavy atom. The lowest BCUT2D eigenvalue weighted by atomic mass is 10.1. The Bertz CT molecular complexity index is 291. The number of ether oxygens (including phenoxy) is 2. The molecule has 0 saturated carbocycles. The summed E-state index contributed by atoms with van der Waals surface area (Å²) in [5, 5.41) is 10.6. The Morgan fingerprint density at radius 1 is 1.11 bits per heavy atom. The molecule has 0 bridgehead atoms. The number of carbonyl (C=O) groups excluding carboxylic acids is 2. The largest absolute Gasteiger partial charge is 0.469 e. The Morgan fingerprint density at radius 2 is 1.72 bits per heavy atom. The number of rotatable bonds is 9. The van der Waals surface area contributed by atoms with E-state index in [1.165, 1.54) is 7.11 Å². The zero-order chi connectivity index (χ0) is 14.0. The molecule has 104 valence electrons. The van der Waals surface area contributed by atoms with Gasteiger partial charge in [-0.25, -0.2) is 4.79 Å². The number of esters is 2. The molecule has 7 heteroatoms. The van der Waals surface area contributed by atoms with Crippen molar-refractivity contribution in [3.63, 3.8) is 0 Å². The van der Waals surface area contributed by atoms with Crippen molar-refractivity contribution in [1.29, 1.82) is 0 Å². The Labute approximate surface area is 106 Å². The Hall–Kier alpha value is -1.66. The predicted molar refractivity (Wildman–Crippen MR) is 62.5 cm³/mol. The second-order valence-electron chi connectivity index (χ2n) is 3.85. The van der Waals surface area contributed by atoms with Crippen LogP contribution in [-0.2, 0) is 19.1 Å². The van der Waals surface area contributed by atoms with Gasteiger partial charge in [0.25, 0.3) is 0 Å². The van der Waals surface area contributed by atoms with Crippen molar-refractivity contribution in [3.8, 4) is 0 Å². The molecule has 0 aromatic carbocycles. The smallest absolute Gasteiger partial charge is 0.381 e. The summed E-state index contributed by atoms with van der Waals surface area (Å²) in [6, 6.07) is -1.28. The van der Waals surface area contributed by atoms with E-state index in [1.54, 1.807) is 0 Å². The van der Waals surface area contributed by atoms with Crippen LogP contribution < -0.4 is 0 Å². The van der Waals surface area contributed by atoms with Gasteiger partial charge >= 0.3 is 18.0 Å². The number of hydrogen-bond donors (Lipinski definition) is 0. The van der Waals surface area contributed by atoms with Gasteiger partial charge in [0.05, 0.1) is 14.2 Å². The van der Waals surface area contributed by atoms with E-state index in [2.05, 4.69) is 9.47 Å². The van der Waals surface area contributed by atoms with Crippen molar-refractivity contribution >= 4 is 11.9 Å². The average molecular weight is 261 g/mol. The van der Waals surface area contributed by atoms with E-state index >= 15 is 0 Å². The lowest BCUT2D eigenvalue weighted by Crippen LogP contribution is -2.30. The molecule has 0 aromatic heterocycles. The predicted octanol–water partition coefficient (Wildman–Crippen LogP) is 1.32. The molecule has 0 amide bonds. The maximum Gasteiger partial charge on any atom is 0.381 e. The molecule has 1 unspecified atom stereocenters. The van der Waals surface area contributed by atoms with Gasteiger partial charge < -0.3 is 9.47 Å². The molecule has 0 N–H and O–H groups in total. The van der Waals surface area contributed by atoms with Crippen LogP contribution in [0, 0.1) is 10.1 Å². The van der Waals surface area contributed by atoms with E-state index in [1.807, 2.05) is 0 Å². The maximum absolute atomic E-state index is 11.1. The van der Waals surface area contributed by atoms with Gasteiger partial charge in [0.1, 0.15) is 0 Å². The monoisotopic (exact) mass is 261 g/mol. The lowest BCUT2D eigenvalue weighted by molar-refractivity contribution is -0.511. The first-order valence-electron chi connectivity index (χ1n) is 5.81. The van der Waals surface area contributed by atoms with E-state index < -0.39 is 16.9 Å². The van der Waals surface area contributed by atoms with Crippen molar-refractivity contribution in [1.82, 2.24) is 0 Å². The van der Waals surface area contributed by atoms with E-state index in [9.17, 15) is 19.7 Å². The van der Waals surface area contributed by atoms with E-state index in [4.69, 9.17) is 0 Å². The molecular weight excluding hydrogens is 242 g/mol. The lowest BCUT2D eigenvalue weighted by Gasteiger charge is -2.06. The minimum atomic E-state index is -1.28. The summed E-state index contributed by atoms with van der Waals surface area (Å²) in [7, 11) is 2.47. The quantitative estimate of drug-likeness (QED) is 0.269. The highest BCUT2D eigenvalue weighted by molar-refractivity contribution is 5.74. The van der Waals surface area contributed by atoms with Gasteiger partial charge in [-0.3, -0.25) is 14.9 Å². The molecule has 0 aromatic rings. The van der Waals surface area contributed by atoms with Crippen molar-refractivity contribution in [2.24, 2.45) is 0 Å². The van der Waals surface area contributed by atoms with E-state index in [-0.39, 0.29) is 12.4 Å². The first kappa shape index (κ1) is 16.3. The van der Waals surface area contributed by atoms with Crippen LogP contribution in [-0.4, -0.2) is 37.1 Å². The highest BCUT2D eigenvalue weighted by Crippen LogP contribution is 2.10. The summed E-state index contributed by atoms with van der Waals surface area (Å²) in [5.74, 6) is -1.07. The molecule has 1 atom stereocenters. The van der Waals surface area contributed by atoms with Crippen molar-refractivity contribution in [2.45, 2.75) is 44.6 Å². The molecule has 0 fully saturated rings. The Kier molecular flexibility index (Phi) is 8.51. The number of nitro groups is 1. The van der Waals surface area contributed by atoms with Crippen LogP contribution in [0.4, 0.5) is 0 Å². The molecular formula is C11H19NO6. The third kappa shape index (κ3) is 6.82. The molecule has 0 radical (unpaired) electrons. The second-order valence-corrected chi connectivity index (χ2v) is 3.85. The summed E-state index contributed by atoms with van der Waals surface area (Å²) in [5.41, 5.74) is 0. The number of nitrogens with zero attached hydrogens (tertiary/aromatic N) is 1. The van der Waals surface area contributed by atoms with Gasteiger partial charge in [-0.05, 0) is 12.8 Å². The summed E-state index contributed by atoms with van der Waals surface area (Å²) < 4.78 is 8.84. The van der Waals surface area contributed by atoms with Gasteiger partial charge in [0.15, 0.2) is 0 Å². The molecule has 0 aliphatic rings. The van der Waals surface area contributed by atoms with Crippen LogP contribution in [0.3, 0.4) is 0 Å². The Balaban J connectivity index is 3.71. The molecule has 0 aliphatic heterocycles. The number of hydrogen-bond acceptors (Lipinski definition) is 6. The third-order valence-corrected chi connectivity index (χ3v) is 2.56. The zero-order valence-corrected chi connectivity index (χ0v) is 10.7. The van der Waals surface area contributed by atoms with Crippen molar-refractivity contribution in [2.75, 3.05) is 14.2 Å². The highest BCUT2D eigenvalue weighted by Gasteiger charge is 2.29. The molecule has 0 saturated heterocycles. The first-order valence-corrected chi connectivity index (χ1v) is 5.81. The summed E-state index contributed by atoms with van der Waals surface area (Å²) in [6.45, 7) is 0. The van der Waals surface area contributed by atoms with Crippen molar-refractivity contribution < 1.29 is 24.0 Å². The SMILES string of the molecule is COC(=O)CCCCCCC(C(=O)OC)[N+](=O)[O-]. The molecule has 0 spiro atoms. The van der Waals surface area contributed by atoms with Crippen LogP contribution in [0.2, 0.25) is 0 Å². The van der Waals surface area contributed by atoms with Crippen LogP contribution in [0.25, 0.3) is 0 Å². The molecule has 0 heterocycles. The molecule has 0 aliphatic carbocycles. The number of carbonyl (C=O) groups is 2. The standard InChI is InChI=1S/C11H19NO6/c1-17-10(13)8-6-4-3-5-7-9(12(15)16)11(14)18-2/h9H,3-8H2,1-2H3. The van der Waals surface area contributed by atoms with Crippen LogP contribution in [0.1, 0.15) is 38.5 Å². The topological polar surface area (TPSA) is 95.7 Å². The number of methoxy groups -OCH3 is 2. The van der Waals surface area contributed by atoms with Crippen LogP contribution in [0.5, 0.6) is 0 Å². The van der Waals surface area contributed by atoms with Crippen molar-refractivity contribution in [3.05, 3.63) is 10.1 Å². The minimum absolute atomic E-state index is 0.165. The van der Waals surface area contributed by atoms with E-state index in [0.29, 0.717) is 19.3 Å². The molecule has 0 rings (SSSR count). The third-order valence-electron chi connectivity index (χ3n) is 2.56. The van der Waals surface area contributed by atoms with Gasteiger partial charge in [-0.2, -0.15) is 0 Å². The fourth-order valence-electron chi connectivity index (χ4n) is 1.51. The summed E-state index contributed by atoms with van der Waals surface area (Å²) in [4.78, 5) is 31.8. The van der Waals surface area contributed by atoms with Gasteiger partial charge in [0, 0.05) is 17.8 Å². The fourth-order valence-corrected chi connectivity index (χ4v) is 1.51. The average Bonchev–Trinajstić information content (AvgIpc) is 2.36. The van der Waals surface area contributed by atoms with Crippen LogP contribution >= 0.6 is 0 Å². The van der Waals surface area contributed by atoms with Gasteiger partial charge in [-0.15, -0.1) is 0 Å². The zero-order valence-electron chi connectivity index (χ0n) is 10.7. The first-order chi connectivity index (χ1) is 8.52. The summed E-state index contributed by atoms with van der Waals surface area (Å²) >= 11 is 0. The minimum Gasteiger partial charge on any atom is -0.469 e. The molecule has 7 nitrogen and oxygen atoms in total. The normalized spacial score (nSPS) is 11.7. The number of unbranched alkanes of at least 4 members (excludes halogenated alkanes) is 3. The summed E-state index contributed by atoms with van der Waals surface area (Å²) in [6.07, 6.45) is 3.28. The highest BCUT2D eigenvalue weighted by atomic mass is 16.6.